The first-order valence-corrected chi connectivity index (χ1v) is 6.18. The minimum absolute atomic E-state index is 0.252. The molecule has 1 fully saturated rings. The zero-order valence-electron chi connectivity index (χ0n) is 11.5. The molecule has 18 heavy (non-hydrogen) atoms. The van der Waals surface area contributed by atoms with Gasteiger partial charge in [0.25, 0.3) is 0 Å². The van der Waals surface area contributed by atoms with Crippen LogP contribution in [0.5, 0.6) is 0 Å². The van der Waals surface area contributed by atoms with E-state index in [-0.39, 0.29) is 19.1 Å². The maximum Gasteiger partial charge on any atom is 0.225 e. The zero-order valence-corrected chi connectivity index (χ0v) is 11.5. The molecule has 1 rings (SSSR count). The number of carbonyl (C=O) groups is 1. The van der Waals surface area contributed by atoms with Crippen molar-refractivity contribution in [1.82, 2.24) is 10.4 Å². The standard InChI is InChI=1S/C12H24N2O4/c1-11(2)5-9(12(3,4)14(11)18)10(17)13-8(6-15)7-16/h8-9,15-16,18H,5-7H2,1-4H3,(H,13,17). The van der Waals surface area contributed by atoms with Crippen LogP contribution in [0.3, 0.4) is 0 Å². The minimum atomic E-state index is -0.678. The molecule has 4 N–H and O–H groups in total. The van der Waals surface area contributed by atoms with Crippen molar-refractivity contribution in [1.29, 1.82) is 0 Å². The molecule has 0 bridgehead atoms. The van der Waals surface area contributed by atoms with Gasteiger partial charge in [-0.2, -0.15) is 5.06 Å². The van der Waals surface area contributed by atoms with Gasteiger partial charge in [-0.15, -0.1) is 0 Å². The van der Waals surface area contributed by atoms with E-state index < -0.39 is 23.0 Å². The molecule has 0 aliphatic carbocycles. The van der Waals surface area contributed by atoms with Crippen LogP contribution in [0.2, 0.25) is 0 Å². The van der Waals surface area contributed by atoms with E-state index >= 15 is 0 Å². The van der Waals surface area contributed by atoms with Crippen LogP contribution in [-0.4, -0.2) is 56.7 Å². The topological polar surface area (TPSA) is 93.0 Å². The van der Waals surface area contributed by atoms with E-state index in [2.05, 4.69) is 5.32 Å². The number of amides is 1. The fourth-order valence-electron chi connectivity index (χ4n) is 2.63. The summed E-state index contributed by atoms with van der Waals surface area (Å²) in [4.78, 5) is 12.2. The SMILES string of the molecule is CC1(C)CC(C(=O)NC(CO)CO)C(C)(C)N1O. The average molecular weight is 260 g/mol. The lowest BCUT2D eigenvalue weighted by Crippen LogP contribution is -2.51. The Kier molecular flexibility index (Phi) is 4.38. The van der Waals surface area contributed by atoms with Crippen molar-refractivity contribution < 1.29 is 20.2 Å². The molecular weight excluding hydrogens is 236 g/mol. The highest BCUT2D eigenvalue weighted by Crippen LogP contribution is 2.43. The summed E-state index contributed by atoms with van der Waals surface area (Å²) in [5.41, 5.74) is -1.15. The van der Waals surface area contributed by atoms with Gasteiger partial charge in [-0.1, -0.05) is 0 Å². The highest BCUT2D eigenvalue weighted by atomic mass is 16.5. The summed E-state index contributed by atoms with van der Waals surface area (Å²) in [7, 11) is 0. The Morgan fingerprint density at radius 1 is 1.33 bits per heavy atom. The number of aliphatic hydroxyl groups excluding tert-OH is 2. The van der Waals surface area contributed by atoms with Crippen molar-refractivity contribution in [3.05, 3.63) is 0 Å². The molecule has 1 heterocycles. The molecule has 0 aromatic heterocycles. The third-order valence-electron chi connectivity index (χ3n) is 3.78. The maximum atomic E-state index is 12.2. The van der Waals surface area contributed by atoms with E-state index in [0.29, 0.717) is 6.42 Å². The maximum absolute atomic E-state index is 12.2. The third-order valence-corrected chi connectivity index (χ3v) is 3.78. The normalized spacial score (nSPS) is 26.6. The van der Waals surface area contributed by atoms with Gasteiger partial charge in [0.05, 0.1) is 30.7 Å². The molecule has 6 heteroatoms. The summed E-state index contributed by atoms with van der Waals surface area (Å²) < 4.78 is 0. The lowest BCUT2D eigenvalue weighted by molar-refractivity contribution is -0.197. The Hall–Kier alpha value is -0.690. The smallest absolute Gasteiger partial charge is 0.225 e. The van der Waals surface area contributed by atoms with Crippen molar-refractivity contribution in [2.75, 3.05) is 13.2 Å². The average Bonchev–Trinajstić information content (AvgIpc) is 2.46. The first-order valence-electron chi connectivity index (χ1n) is 6.18. The van der Waals surface area contributed by atoms with Crippen molar-refractivity contribution in [3.8, 4) is 0 Å². The molecule has 0 aromatic carbocycles. The van der Waals surface area contributed by atoms with Gasteiger partial charge >= 0.3 is 0 Å². The first-order chi connectivity index (χ1) is 8.16. The van der Waals surface area contributed by atoms with Crippen LogP contribution in [-0.2, 0) is 4.79 Å². The van der Waals surface area contributed by atoms with Crippen LogP contribution in [0.25, 0.3) is 0 Å². The zero-order chi connectivity index (χ0) is 14.1. The molecule has 1 unspecified atom stereocenters. The summed E-state index contributed by atoms with van der Waals surface area (Å²) in [6.45, 7) is 6.75. The molecule has 106 valence electrons. The lowest BCUT2D eigenvalue weighted by atomic mass is 9.86. The minimum Gasteiger partial charge on any atom is -0.394 e. The van der Waals surface area contributed by atoms with E-state index in [4.69, 9.17) is 10.2 Å². The molecular formula is C12H24N2O4. The molecule has 1 atom stereocenters. The number of nitrogens with zero attached hydrogens (tertiary/aromatic N) is 1. The van der Waals surface area contributed by atoms with Crippen LogP contribution in [0.15, 0.2) is 0 Å². The Morgan fingerprint density at radius 3 is 2.17 bits per heavy atom. The van der Waals surface area contributed by atoms with Gasteiger partial charge < -0.3 is 20.7 Å². The fourth-order valence-corrected chi connectivity index (χ4v) is 2.63. The summed E-state index contributed by atoms with van der Waals surface area (Å²) in [6, 6.07) is -0.649. The number of hydrogen-bond donors (Lipinski definition) is 4. The Balaban J connectivity index is 2.81. The van der Waals surface area contributed by atoms with Crippen LogP contribution < -0.4 is 5.32 Å². The van der Waals surface area contributed by atoms with Gasteiger partial charge in [0, 0.05) is 5.54 Å². The van der Waals surface area contributed by atoms with E-state index in [9.17, 15) is 10.0 Å². The largest absolute Gasteiger partial charge is 0.394 e. The van der Waals surface area contributed by atoms with Gasteiger partial charge in [0.2, 0.25) is 5.91 Å². The molecule has 0 radical (unpaired) electrons. The molecule has 1 aliphatic rings. The van der Waals surface area contributed by atoms with E-state index in [1.54, 1.807) is 13.8 Å². The predicted octanol–water partition coefficient (Wildman–Crippen LogP) is -0.276. The molecule has 0 saturated carbocycles. The Labute approximate surface area is 108 Å². The fraction of sp³-hybridized carbons (Fsp3) is 0.917. The lowest BCUT2D eigenvalue weighted by Gasteiger charge is -2.35. The molecule has 0 aromatic rings. The summed E-state index contributed by atoms with van der Waals surface area (Å²) in [5.74, 6) is -0.643. The van der Waals surface area contributed by atoms with Crippen molar-refractivity contribution in [2.45, 2.75) is 51.2 Å². The van der Waals surface area contributed by atoms with E-state index in [1.807, 2.05) is 13.8 Å². The Bertz CT molecular complexity index is 313. The molecule has 1 amide bonds. The highest BCUT2D eigenvalue weighted by Gasteiger charge is 2.54. The number of hydrogen-bond acceptors (Lipinski definition) is 5. The van der Waals surface area contributed by atoms with Crippen LogP contribution >= 0.6 is 0 Å². The Morgan fingerprint density at radius 2 is 1.83 bits per heavy atom. The van der Waals surface area contributed by atoms with E-state index in [1.165, 1.54) is 5.06 Å². The number of aliphatic hydroxyl groups is 2. The molecule has 1 aliphatic heterocycles. The number of carbonyl (C=O) groups excluding carboxylic acids is 1. The van der Waals surface area contributed by atoms with Crippen molar-refractivity contribution in [2.24, 2.45) is 5.92 Å². The molecule has 1 saturated heterocycles. The van der Waals surface area contributed by atoms with Gasteiger partial charge in [-0.3, -0.25) is 4.79 Å². The summed E-state index contributed by atoms with van der Waals surface area (Å²) in [6.07, 6.45) is 0.520. The van der Waals surface area contributed by atoms with E-state index in [0.717, 1.165) is 0 Å². The summed E-state index contributed by atoms with van der Waals surface area (Å²) >= 11 is 0. The van der Waals surface area contributed by atoms with Gasteiger partial charge in [0.1, 0.15) is 0 Å². The van der Waals surface area contributed by atoms with Gasteiger partial charge in [-0.25, -0.2) is 0 Å². The number of rotatable bonds is 4. The van der Waals surface area contributed by atoms with Crippen molar-refractivity contribution in [3.63, 3.8) is 0 Å². The van der Waals surface area contributed by atoms with Crippen LogP contribution in [0.4, 0.5) is 0 Å². The number of hydroxylamine groups is 2. The number of nitrogens with one attached hydrogen (secondary N) is 1. The predicted molar refractivity (Wildman–Crippen MR) is 66.0 cm³/mol. The second kappa shape index (κ2) is 5.13. The highest BCUT2D eigenvalue weighted by molar-refractivity contribution is 5.81. The molecule has 0 spiro atoms. The summed E-state index contributed by atoms with van der Waals surface area (Å²) in [5, 5.41) is 31.9. The van der Waals surface area contributed by atoms with Gasteiger partial charge in [0.15, 0.2) is 0 Å². The monoisotopic (exact) mass is 260 g/mol. The third kappa shape index (κ3) is 2.66. The molecule has 6 nitrogen and oxygen atoms in total. The quantitative estimate of drug-likeness (QED) is 0.558. The van der Waals surface area contributed by atoms with Crippen LogP contribution in [0.1, 0.15) is 34.1 Å². The first kappa shape index (κ1) is 15.4. The van der Waals surface area contributed by atoms with Crippen molar-refractivity contribution >= 4 is 5.91 Å². The second-order valence-electron chi connectivity index (χ2n) is 6.11. The van der Waals surface area contributed by atoms with Gasteiger partial charge in [-0.05, 0) is 34.1 Å². The second-order valence-corrected chi connectivity index (χ2v) is 6.11. The van der Waals surface area contributed by atoms with Crippen LogP contribution in [0, 0.1) is 5.92 Å².